The maximum atomic E-state index is 13.6. The van der Waals surface area contributed by atoms with E-state index >= 15 is 0 Å². The minimum absolute atomic E-state index is 0.190. The van der Waals surface area contributed by atoms with Gasteiger partial charge in [-0.25, -0.2) is 9.18 Å². The number of carbonyl (C=O) groups is 1. The van der Waals surface area contributed by atoms with Crippen LogP contribution >= 0.6 is 0 Å². The van der Waals surface area contributed by atoms with Gasteiger partial charge in [0.15, 0.2) is 0 Å². The highest BCUT2D eigenvalue weighted by Crippen LogP contribution is 2.24. The second-order valence-corrected chi connectivity index (χ2v) is 4.38. The molecule has 0 bridgehead atoms. The molecule has 1 aromatic heterocycles. The van der Waals surface area contributed by atoms with E-state index in [4.69, 9.17) is 10.8 Å². The average molecular weight is 275 g/mol. The van der Waals surface area contributed by atoms with Gasteiger partial charge in [-0.05, 0) is 36.2 Å². The molecule has 0 fully saturated rings. The molecule has 2 rings (SSSR count). The van der Waals surface area contributed by atoms with Crippen molar-refractivity contribution in [1.82, 2.24) is 4.98 Å². The lowest BCUT2D eigenvalue weighted by molar-refractivity contribution is 0.0692. The molecule has 104 valence electrons. The summed E-state index contributed by atoms with van der Waals surface area (Å²) in [5.74, 6) is -2.16. The first kappa shape index (κ1) is 13.8. The number of rotatable bonds is 4. The number of aromatic nitrogens is 1. The van der Waals surface area contributed by atoms with Gasteiger partial charge in [0.2, 0.25) is 0 Å². The lowest BCUT2D eigenvalue weighted by Gasteiger charge is -2.12. The first-order valence-electron chi connectivity index (χ1n) is 5.94. The van der Waals surface area contributed by atoms with Crippen LogP contribution in [-0.2, 0) is 6.54 Å². The van der Waals surface area contributed by atoms with Crippen LogP contribution in [0.15, 0.2) is 30.6 Å². The fourth-order valence-electron chi connectivity index (χ4n) is 1.80. The van der Waals surface area contributed by atoms with E-state index in [0.717, 1.165) is 23.3 Å². The van der Waals surface area contributed by atoms with Crippen LogP contribution < -0.4 is 11.1 Å². The van der Waals surface area contributed by atoms with E-state index in [1.54, 1.807) is 12.4 Å². The molecule has 5 nitrogen and oxygen atoms in total. The third-order valence-electron chi connectivity index (χ3n) is 2.98. The summed E-state index contributed by atoms with van der Waals surface area (Å²) < 4.78 is 13.6. The Morgan fingerprint density at radius 3 is 2.90 bits per heavy atom. The average Bonchev–Trinajstić information content (AvgIpc) is 2.40. The number of aryl methyl sites for hydroxylation is 1. The number of nitrogens with two attached hydrogens (primary N) is 1. The van der Waals surface area contributed by atoms with Gasteiger partial charge in [-0.1, -0.05) is 0 Å². The van der Waals surface area contributed by atoms with Crippen LogP contribution in [0.5, 0.6) is 0 Å². The maximum Gasteiger partial charge on any atom is 0.338 e. The molecule has 0 aliphatic rings. The molecule has 0 aliphatic carbocycles. The molecule has 0 saturated carbocycles. The summed E-state index contributed by atoms with van der Waals surface area (Å²) >= 11 is 0. The van der Waals surface area contributed by atoms with Gasteiger partial charge in [-0.15, -0.1) is 0 Å². The second kappa shape index (κ2) is 5.56. The predicted octanol–water partition coefficient (Wildman–Crippen LogP) is 2.42. The Morgan fingerprint density at radius 2 is 2.25 bits per heavy atom. The van der Waals surface area contributed by atoms with Crippen molar-refractivity contribution in [3.8, 4) is 0 Å². The molecular formula is C14H14FN3O2. The van der Waals surface area contributed by atoms with Crippen LogP contribution in [0.4, 0.5) is 15.8 Å². The smallest absolute Gasteiger partial charge is 0.338 e. The van der Waals surface area contributed by atoms with Gasteiger partial charge in [0.1, 0.15) is 5.82 Å². The molecular weight excluding hydrogens is 261 g/mol. The quantitative estimate of drug-likeness (QED) is 0.746. The van der Waals surface area contributed by atoms with Crippen molar-refractivity contribution in [3.63, 3.8) is 0 Å². The number of pyridine rings is 1. The van der Waals surface area contributed by atoms with Gasteiger partial charge in [0, 0.05) is 18.9 Å². The number of anilines is 2. The lowest BCUT2D eigenvalue weighted by Crippen LogP contribution is -2.08. The summed E-state index contributed by atoms with van der Waals surface area (Å²) in [4.78, 5) is 14.8. The van der Waals surface area contributed by atoms with Crippen LogP contribution in [0.3, 0.4) is 0 Å². The summed E-state index contributed by atoms with van der Waals surface area (Å²) in [7, 11) is 0. The van der Waals surface area contributed by atoms with Crippen molar-refractivity contribution < 1.29 is 14.3 Å². The highest BCUT2D eigenvalue weighted by Gasteiger charge is 2.13. The largest absolute Gasteiger partial charge is 0.478 e. The van der Waals surface area contributed by atoms with E-state index in [2.05, 4.69) is 10.3 Å². The molecule has 0 radical (unpaired) electrons. The highest BCUT2D eigenvalue weighted by atomic mass is 19.1. The van der Waals surface area contributed by atoms with Crippen LogP contribution in [0.1, 0.15) is 21.5 Å². The number of nitrogen functional groups attached to an aromatic ring is 1. The van der Waals surface area contributed by atoms with Crippen molar-refractivity contribution in [2.75, 3.05) is 11.1 Å². The molecule has 0 amide bonds. The monoisotopic (exact) mass is 275 g/mol. The molecule has 4 N–H and O–H groups in total. The zero-order chi connectivity index (χ0) is 14.7. The Kier molecular flexibility index (Phi) is 3.84. The van der Waals surface area contributed by atoms with Gasteiger partial charge in [0.05, 0.1) is 16.9 Å². The second-order valence-electron chi connectivity index (χ2n) is 4.38. The van der Waals surface area contributed by atoms with Gasteiger partial charge >= 0.3 is 5.97 Å². The Morgan fingerprint density at radius 1 is 1.50 bits per heavy atom. The summed E-state index contributed by atoms with van der Waals surface area (Å²) in [5.41, 5.74) is 7.85. The molecule has 1 heterocycles. The molecule has 0 saturated heterocycles. The van der Waals surface area contributed by atoms with E-state index in [1.165, 1.54) is 0 Å². The third-order valence-corrected chi connectivity index (χ3v) is 2.98. The Labute approximate surface area is 115 Å². The molecule has 20 heavy (non-hydrogen) atoms. The van der Waals surface area contributed by atoms with E-state index in [1.807, 2.05) is 13.0 Å². The molecule has 0 spiro atoms. The number of benzene rings is 1. The summed E-state index contributed by atoms with van der Waals surface area (Å²) in [6.07, 6.45) is 3.40. The van der Waals surface area contributed by atoms with Crippen molar-refractivity contribution >= 4 is 17.3 Å². The molecule has 2 aromatic rings. The lowest BCUT2D eigenvalue weighted by atomic mass is 10.1. The van der Waals surface area contributed by atoms with Gasteiger partial charge in [0.25, 0.3) is 0 Å². The third kappa shape index (κ3) is 2.85. The Balaban J connectivity index is 2.21. The van der Waals surface area contributed by atoms with Crippen molar-refractivity contribution in [2.24, 2.45) is 0 Å². The fraction of sp³-hybridized carbons (Fsp3) is 0.143. The van der Waals surface area contributed by atoms with Gasteiger partial charge in [-0.2, -0.15) is 0 Å². The topological polar surface area (TPSA) is 88.2 Å². The zero-order valence-electron chi connectivity index (χ0n) is 10.9. The van der Waals surface area contributed by atoms with E-state index < -0.39 is 17.3 Å². The number of nitrogens with one attached hydrogen (secondary N) is 1. The van der Waals surface area contributed by atoms with Crippen LogP contribution in [0.25, 0.3) is 0 Å². The standard InChI is InChI=1S/C14H14FN3O2/c1-8-6-17-3-2-9(8)7-18-13-5-11(15)10(14(19)20)4-12(13)16/h2-6,18H,7,16H2,1H3,(H,19,20). The first-order valence-corrected chi connectivity index (χ1v) is 5.94. The minimum atomic E-state index is -1.34. The Hall–Kier alpha value is -2.63. The van der Waals surface area contributed by atoms with Crippen molar-refractivity contribution in [2.45, 2.75) is 13.5 Å². The number of aromatic carboxylic acids is 1. The summed E-state index contributed by atoms with van der Waals surface area (Å²) in [5, 5.41) is 11.8. The number of hydrogen-bond donors (Lipinski definition) is 3. The zero-order valence-corrected chi connectivity index (χ0v) is 10.9. The molecule has 0 aliphatic heterocycles. The number of carboxylic acid groups (broad SMARTS) is 1. The summed E-state index contributed by atoms with van der Waals surface area (Å²) in [6, 6.07) is 4.05. The normalized spacial score (nSPS) is 10.3. The number of hydrogen-bond acceptors (Lipinski definition) is 4. The SMILES string of the molecule is Cc1cnccc1CNc1cc(F)c(C(=O)O)cc1N. The molecule has 1 aromatic carbocycles. The first-order chi connectivity index (χ1) is 9.49. The summed E-state index contributed by atoms with van der Waals surface area (Å²) in [6.45, 7) is 2.37. The van der Waals surface area contributed by atoms with Gasteiger partial charge in [-0.3, -0.25) is 4.98 Å². The number of nitrogens with zero attached hydrogens (tertiary/aromatic N) is 1. The van der Waals surface area contributed by atoms with Crippen molar-refractivity contribution in [3.05, 3.63) is 53.1 Å². The van der Waals surface area contributed by atoms with Crippen molar-refractivity contribution in [1.29, 1.82) is 0 Å². The van der Waals surface area contributed by atoms with Crippen LogP contribution in [0, 0.1) is 12.7 Å². The molecule has 6 heteroatoms. The van der Waals surface area contributed by atoms with Gasteiger partial charge < -0.3 is 16.2 Å². The minimum Gasteiger partial charge on any atom is -0.478 e. The van der Waals surface area contributed by atoms with E-state index in [0.29, 0.717) is 12.2 Å². The number of carboxylic acids is 1. The molecule has 0 unspecified atom stereocenters. The maximum absolute atomic E-state index is 13.6. The van der Waals surface area contributed by atoms with Crippen LogP contribution in [-0.4, -0.2) is 16.1 Å². The van der Waals surface area contributed by atoms with E-state index in [9.17, 15) is 9.18 Å². The highest BCUT2D eigenvalue weighted by molar-refractivity contribution is 5.90. The molecule has 0 atom stereocenters. The van der Waals surface area contributed by atoms with E-state index in [-0.39, 0.29) is 5.69 Å². The Bertz CT molecular complexity index is 659. The fourth-order valence-corrected chi connectivity index (χ4v) is 1.80. The number of halogens is 1. The predicted molar refractivity (Wildman–Crippen MR) is 74.1 cm³/mol. The van der Waals surface area contributed by atoms with Crippen LogP contribution in [0.2, 0.25) is 0 Å².